The summed E-state index contributed by atoms with van der Waals surface area (Å²) in [7, 11) is 0. The number of thiazole rings is 1. The van der Waals surface area contributed by atoms with E-state index in [-0.39, 0.29) is 18.4 Å². The standard InChI is InChI=1S/C14H16N2O2S/c1-10(8-17)7-15-13(18)12-9-19-14(16-12)11-5-3-2-4-6-11/h2-6,9-10,17H,7-8H2,1H3,(H,15,18). The molecule has 0 aliphatic carbocycles. The van der Waals surface area contributed by atoms with Crippen LogP contribution in [0.15, 0.2) is 35.7 Å². The Morgan fingerprint density at radius 3 is 2.84 bits per heavy atom. The van der Waals surface area contributed by atoms with Crippen molar-refractivity contribution in [1.82, 2.24) is 10.3 Å². The van der Waals surface area contributed by atoms with Crippen molar-refractivity contribution in [2.75, 3.05) is 13.2 Å². The highest BCUT2D eigenvalue weighted by Crippen LogP contribution is 2.23. The Bertz CT molecular complexity index is 539. The van der Waals surface area contributed by atoms with E-state index in [1.807, 2.05) is 37.3 Å². The van der Waals surface area contributed by atoms with Gasteiger partial charge in [0.2, 0.25) is 0 Å². The molecule has 100 valence electrons. The molecule has 1 aromatic carbocycles. The third-order valence-corrected chi connectivity index (χ3v) is 3.57. The minimum Gasteiger partial charge on any atom is -0.396 e. The molecule has 0 fully saturated rings. The van der Waals surface area contributed by atoms with Crippen molar-refractivity contribution in [1.29, 1.82) is 0 Å². The fraction of sp³-hybridized carbons (Fsp3) is 0.286. The normalized spacial score (nSPS) is 12.1. The minimum atomic E-state index is -0.196. The van der Waals surface area contributed by atoms with Gasteiger partial charge in [-0.25, -0.2) is 4.98 Å². The van der Waals surface area contributed by atoms with Gasteiger partial charge in [0.25, 0.3) is 5.91 Å². The van der Waals surface area contributed by atoms with Crippen LogP contribution in [0.2, 0.25) is 0 Å². The molecule has 5 heteroatoms. The number of amides is 1. The van der Waals surface area contributed by atoms with E-state index in [0.29, 0.717) is 12.2 Å². The number of nitrogens with zero attached hydrogens (tertiary/aromatic N) is 1. The highest BCUT2D eigenvalue weighted by Gasteiger charge is 2.12. The van der Waals surface area contributed by atoms with Crippen LogP contribution in [-0.4, -0.2) is 29.1 Å². The molecule has 1 heterocycles. The second kappa shape index (κ2) is 6.45. The fourth-order valence-corrected chi connectivity index (χ4v) is 2.32. The molecule has 4 nitrogen and oxygen atoms in total. The summed E-state index contributed by atoms with van der Waals surface area (Å²) < 4.78 is 0. The zero-order chi connectivity index (χ0) is 13.7. The highest BCUT2D eigenvalue weighted by atomic mass is 32.1. The smallest absolute Gasteiger partial charge is 0.270 e. The first-order valence-electron chi connectivity index (χ1n) is 6.10. The molecule has 0 radical (unpaired) electrons. The fourth-order valence-electron chi connectivity index (χ4n) is 1.51. The third-order valence-electron chi connectivity index (χ3n) is 2.68. The van der Waals surface area contributed by atoms with E-state index in [1.165, 1.54) is 11.3 Å². The summed E-state index contributed by atoms with van der Waals surface area (Å²) in [5.74, 6) is -0.144. The monoisotopic (exact) mass is 276 g/mol. The minimum absolute atomic E-state index is 0.0520. The van der Waals surface area contributed by atoms with Crippen LogP contribution >= 0.6 is 11.3 Å². The van der Waals surface area contributed by atoms with Crippen LogP contribution < -0.4 is 5.32 Å². The summed E-state index contributed by atoms with van der Waals surface area (Å²) in [6.45, 7) is 2.39. The number of carbonyl (C=O) groups excluding carboxylic acids is 1. The predicted octanol–water partition coefficient (Wildman–Crippen LogP) is 2.17. The molecule has 2 rings (SSSR count). The van der Waals surface area contributed by atoms with Crippen molar-refractivity contribution < 1.29 is 9.90 Å². The number of carbonyl (C=O) groups is 1. The highest BCUT2D eigenvalue weighted by molar-refractivity contribution is 7.13. The van der Waals surface area contributed by atoms with Crippen LogP contribution in [0.4, 0.5) is 0 Å². The van der Waals surface area contributed by atoms with Gasteiger partial charge in [0.1, 0.15) is 10.7 Å². The van der Waals surface area contributed by atoms with Crippen molar-refractivity contribution in [3.05, 3.63) is 41.4 Å². The first-order valence-corrected chi connectivity index (χ1v) is 6.98. The number of aliphatic hydroxyl groups is 1. The van der Waals surface area contributed by atoms with Gasteiger partial charge in [-0.15, -0.1) is 11.3 Å². The average Bonchev–Trinajstić information content (AvgIpc) is 2.95. The number of hydrogen-bond acceptors (Lipinski definition) is 4. The van der Waals surface area contributed by atoms with E-state index in [2.05, 4.69) is 10.3 Å². The summed E-state index contributed by atoms with van der Waals surface area (Å²) in [6, 6.07) is 9.77. The summed E-state index contributed by atoms with van der Waals surface area (Å²) in [6.07, 6.45) is 0. The molecule has 0 bridgehead atoms. The third kappa shape index (κ3) is 3.62. The van der Waals surface area contributed by atoms with Crippen molar-refractivity contribution >= 4 is 17.2 Å². The Balaban J connectivity index is 2.03. The van der Waals surface area contributed by atoms with E-state index >= 15 is 0 Å². The lowest BCUT2D eigenvalue weighted by Gasteiger charge is -2.07. The Hall–Kier alpha value is -1.72. The molecule has 19 heavy (non-hydrogen) atoms. The topological polar surface area (TPSA) is 62.2 Å². The largest absolute Gasteiger partial charge is 0.396 e. The molecule has 0 saturated carbocycles. The van der Waals surface area contributed by atoms with Gasteiger partial charge < -0.3 is 10.4 Å². The Kier molecular flexibility index (Phi) is 4.65. The number of aromatic nitrogens is 1. The van der Waals surface area contributed by atoms with Crippen molar-refractivity contribution in [2.24, 2.45) is 5.92 Å². The number of aliphatic hydroxyl groups excluding tert-OH is 1. The summed E-state index contributed by atoms with van der Waals surface area (Å²) in [4.78, 5) is 16.2. The van der Waals surface area contributed by atoms with Gasteiger partial charge in [-0.1, -0.05) is 37.3 Å². The van der Waals surface area contributed by atoms with Crippen molar-refractivity contribution in [3.8, 4) is 10.6 Å². The number of nitrogens with one attached hydrogen (secondary N) is 1. The van der Waals surface area contributed by atoms with Gasteiger partial charge in [-0.05, 0) is 5.92 Å². The number of rotatable bonds is 5. The maximum Gasteiger partial charge on any atom is 0.270 e. The second-order valence-electron chi connectivity index (χ2n) is 4.40. The molecular formula is C14H16N2O2S. The maximum absolute atomic E-state index is 11.9. The van der Waals surface area contributed by atoms with Crippen molar-refractivity contribution in [2.45, 2.75) is 6.92 Å². The Morgan fingerprint density at radius 1 is 1.42 bits per heavy atom. The molecule has 1 unspecified atom stereocenters. The van der Waals surface area contributed by atoms with Gasteiger partial charge in [-0.3, -0.25) is 4.79 Å². The zero-order valence-electron chi connectivity index (χ0n) is 10.7. The van der Waals surface area contributed by atoms with Gasteiger partial charge in [-0.2, -0.15) is 0 Å². The van der Waals surface area contributed by atoms with Gasteiger partial charge in [0.05, 0.1) is 0 Å². The second-order valence-corrected chi connectivity index (χ2v) is 5.26. The maximum atomic E-state index is 11.9. The van der Waals surface area contributed by atoms with E-state index in [1.54, 1.807) is 5.38 Å². The number of hydrogen-bond donors (Lipinski definition) is 2. The van der Waals surface area contributed by atoms with Crippen LogP contribution in [0.3, 0.4) is 0 Å². The van der Waals surface area contributed by atoms with Crippen molar-refractivity contribution in [3.63, 3.8) is 0 Å². The summed E-state index contributed by atoms with van der Waals surface area (Å²) >= 11 is 1.45. The molecule has 0 saturated heterocycles. The summed E-state index contributed by atoms with van der Waals surface area (Å²) in [5.41, 5.74) is 1.43. The molecule has 0 spiro atoms. The van der Waals surface area contributed by atoms with Crippen LogP contribution in [-0.2, 0) is 0 Å². The van der Waals surface area contributed by atoms with E-state index < -0.39 is 0 Å². The molecule has 2 aromatic rings. The molecular weight excluding hydrogens is 260 g/mol. The quantitative estimate of drug-likeness (QED) is 0.879. The van der Waals surface area contributed by atoms with Gasteiger partial charge in [0, 0.05) is 24.1 Å². The average molecular weight is 276 g/mol. The lowest BCUT2D eigenvalue weighted by Crippen LogP contribution is -2.29. The van der Waals surface area contributed by atoms with Crippen LogP contribution in [0.5, 0.6) is 0 Å². The number of benzene rings is 1. The molecule has 1 atom stereocenters. The first kappa shape index (κ1) is 13.7. The molecule has 0 aliphatic rings. The first-order chi connectivity index (χ1) is 9.20. The predicted molar refractivity (Wildman–Crippen MR) is 76.1 cm³/mol. The molecule has 0 aliphatic heterocycles. The lowest BCUT2D eigenvalue weighted by atomic mass is 10.2. The Morgan fingerprint density at radius 2 is 2.16 bits per heavy atom. The van der Waals surface area contributed by atoms with E-state index in [4.69, 9.17) is 5.11 Å². The van der Waals surface area contributed by atoms with E-state index in [0.717, 1.165) is 10.6 Å². The van der Waals surface area contributed by atoms with E-state index in [9.17, 15) is 4.79 Å². The Labute approximate surface area is 116 Å². The summed E-state index contributed by atoms with van der Waals surface area (Å²) in [5, 5.41) is 14.3. The molecule has 1 amide bonds. The van der Waals surface area contributed by atoms with Gasteiger partial charge >= 0.3 is 0 Å². The van der Waals surface area contributed by atoms with Crippen LogP contribution in [0, 0.1) is 5.92 Å². The van der Waals surface area contributed by atoms with Crippen LogP contribution in [0.1, 0.15) is 17.4 Å². The SMILES string of the molecule is CC(CO)CNC(=O)c1csc(-c2ccccc2)n1. The van der Waals surface area contributed by atoms with Crippen LogP contribution in [0.25, 0.3) is 10.6 Å². The molecule has 2 N–H and O–H groups in total. The lowest BCUT2D eigenvalue weighted by molar-refractivity contribution is 0.0938. The zero-order valence-corrected chi connectivity index (χ0v) is 11.5. The molecule has 1 aromatic heterocycles. The van der Waals surface area contributed by atoms with Gasteiger partial charge in [0.15, 0.2) is 0 Å².